The third kappa shape index (κ3) is 3.46. The van der Waals surface area contributed by atoms with Gasteiger partial charge in [-0.1, -0.05) is 27.2 Å². The van der Waals surface area contributed by atoms with Gasteiger partial charge in [0.2, 0.25) is 5.88 Å². The Balaban J connectivity index is 2.13. The summed E-state index contributed by atoms with van der Waals surface area (Å²) in [6, 6.07) is 0. The predicted octanol–water partition coefficient (Wildman–Crippen LogP) is 3.01. The fraction of sp³-hybridized carbons (Fsp3) is 0.667. The van der Waals surface area contributed by atoms with Crippen LogP contribution in [0.3, 0.4) is 0 Å². The van der Waals surface area contributed by atoms with Gasteiger partial charge in [0.1, 0.15) is 6.10 Å². The Hall–Kier alpha value is -1.65. The molecule has 0 spiro atoms. The number of rotatable bonds is 4. The number of hydrogen-bond donors (Lipinski definition) is 1. The second-order valence-corrected chi connectivity index (χ2v) is 6.03. The zero-order chi connectivity index (χ0) is 14.7. The molecule has 0 aliphatic heterocycles. The highest BCUT2D eigenvalue weighted by atomic mass is 16.5. The first-order valence-corrected chi connectivity index (χ1v) is 7.19. The molecule has 0 aromatic carbocycles. The number of carbonyl (C=O) groups is 1. The number of nitrogens with zero attached hydrogens (tertiary/aromatic N) is 2. The van der Waals surface area contributed by atoms with E-state index in [1.807, 2.05) is 0 Å². The van der Waals surface area contributed by atoms with Gasteiger partial charge in [-0.15, -0.1) is 0 Å². The molecule has 1 fully saturated rings. The molecule has 1 aromatic rings. The summed E-state index contributed by atoms with van der Waals surface area (Å²) >= 11 is 0. The summed E-state index contributed by atoms with van der Waals surface area (Å²) in [6.45, 7) is 6.64. The number of aromatic nitrogens is 2. The largest absolute Gasteiger partial charge is 0.476 e. The molecule has 20 heavy (non-hydrogen) atoms. The van der Waals surface area contributed by atoms with E-state index in [1.165, 1.54) is 18.8 Å². The Labute approximate surface area is 119 Å². The van der Waals surface area contributed by atoms with Crippen LogP contribution in [0.1, 0.15) is 50.5 Å². The van der Waals surface area contributed by atoms with E-state index in [4.69, 9.17) is 9.84 Å². The number of hydrogen-bond acceptors (Lipinski definition) is 4. The van der Waals surface area contributed by atoms with Crippen LogP contribution in [0.4, 0.5) is 0 Å². The number of carboxylic acid groups (broad SMARTS) is 1. The Bertz CT molecular complexity index is 476. The summed E-state index contributed by atoms with van der Waals surface area (Å²) in [6.07, 6.45) is 6.18. The number of ether oxygens (including phenoxy) is 1. The van der Waals surface area contributed by atoms with Crippen LogP contribution in [-0.2, 0) is 0 Å². The van der Waals surface area contributed by atoms with E-state index < -0.39 is 5.97 Å². The zero-order valence-corrected chi connectivity index (χ0v) is 12.2. The van der Waals surface area contributed by atoms with Gasteiger partial charge in [0.05, 0.1) is 12.4 Å². The lowest BCUT2D eigenvalue weighted by molar-refractivity contribution is 0.0416. The van der Waals surface area contributed by atoms with Gasteiger partial charge in [0.15, 0.2) is 5.69 Å². The molecule has 1 aromatic heterocycles. The van der Waals surface area contributed by atoms with Crippen molar-refractivity contribution in [3.05, 3.63) is 18.1 Å². The monoisotopic (exact) mass is 278 g/mol. The van der Waals surface area contributed by atoms with Crippen LogP contribution < -0.4 is 4.74 Å². The zero-order valence-electron chi connectivity index (χ0n) is 12.2. The van der Waals surface area contributed by atoms with Crippen molar-refractivity contribution in [1.82, 2.24) is 9.97 Å². The molecular formula is C15H22N2O3. The fourth-order valence-corrected chi connectivity index (χ4v) is 2.91. The van der Waals surface area contributed by atoms with E-state index in [2.05, 4.69) is 30.7 Å². The lowest BCUT2D eigenvalue weighted by Crippen LogP contribution is -2.36. The Morgan fingerprint density at radius 2 is 2.15 bits per heavy atom. The van der Waals surface area contributed by atoms with Crippen molar-refractivity contribution >= 4 is 5.97 Å². The second-order valence-electron chi connectivity index (χ2n) is 6.03. The standard InChI is InChI=1S/C15H22N2O3/c1-9(2)11-5-4-10(3)6-13(11)20-14-8-16-7-12(17-14)15(18)19/h7-11,13H,4-6H2,1-3H3,(H,18,19). The van der Waals surface area contributed by atoms with Crippen molar-refractivity contribution in [1.29, 1.82) is 0 Å². The Morgan fingerprint density at radius 3 is 2.80 bits per heavy atom. The minimum atomic E-state index is -1.08. The lowest BCUT2D eigenvalue weighted by Gasteiger charge is -2.36. The van der Waals surface area contributed by atoms with Crippen molar-refractivity contribution in [2.75, 3.05) is 0 Å². The van der Waals surface area contributed by atoms with Crippen molar-refractivity contribution in [2.45, 2.75) is 46.1 Å². The third-order valence-electron chi connectivity index (χ3n) is 4.07. The molecule has 0 bridgehead atoms. The smallest absolute Gasteiger partial charge is 0.356 e. The van der Waals surface area contributed by atoms with Gasteiger partial charge < -0.3 is 9.84 Å². The highest BCUT2D eigenvalue weighted by Gasteiger charge is 2.32. The molecule has 1 aliphatic carbocycles. The van der Waals surface area contributed by atoms with Crippen LogP contribution in [0.25, 0.3) is 0 Å². The maximum absolute atomic E-state index is 10.9. The minimum Gasteiger partial charge on any atom is -0.476 e. The van der Waals surface area contributed by atoms with E-state index >= 15 is 0 Å². The quantitative estimate of drug-likeness (QED) is 0.916. The SMILES string of the molecule is CC1CCC(C(C)C)C(Oc2cncc(C(=O)O)n2)C1. The van der Waals surface area contributed by atoms with E-state index in [9.17, 15) is 4.79 Å². The van der Waals surface area contributed by atoms with Crippen LogP contribution >= 0.6 is 0 Å². The highest BCUT2D eigenvalue weighted by molar-refractivity contribution is 5.84. The maximum Gasteiger partial charge on any atom is 0.356 e. The summed E-state index contributed by atoms with van der Waals surface area (Å²) in [5.41, 5.74) is -0.0764. The first-order valence-electron chi connectivity index (χ1n) is 7.19. The molecule has 1 saturated carbocycles. The van der Waals surface area contributed by atoms with Gasteiger partial charge in [0.25, 0.3) is 0 Å². The van der Waals surface area contributed by atoms with Crippen LogP contribution in [0.5, 0.6) is 5.88 Å². The van der Waals surface area contributed by atoms with Gasteiger partial charge >= 0.3 is 5.97 Å². The van der Waals surface area contributed by atoms with Crippen molar-refractivity contribution in [3.8, 4) is 5.88 Å². The van der Waals surface area contributed by atoms with E-state index in [0.29, 0.717) is 23.6 Å². The van der Waals surface area contributed by atoms with Crippen molar-refractivity contribution in [3.63, 3.8) is 0 Å². The molecule has 0 radical (unpaired) electrons. The summed E-state index contributed by atoms with van der Waals surface area (Å²) in [7, 11) is 0. The molecule has 1 aliphatic rings. The van der Waals surface area contributed by atoms with Crippen LogP contribution in [0, 0.1) is 17.8 Å². The van der Waals surface area contributed by atoms with E-state index in [-0.39, 0.29) is 11.8 Å². The second kappa shape index (κ2) is 6.20. The summed E-state index contributed by atoms with van der Waals surface area (Å²) in [5.74, 6) is 0.894. The average molecular weight is 278 g/mol. The normalized spacial score (nSPS) is 26.5. The molecule has 110 valence electrons. The average Bonchev–Trinajstić information content (AvgIpc) is 2.38. The molecule has 3 atom stereocenters. The van der Waals surface area contributed by atoms with Gasteiger partial charge in [0, 0.05) is 0 Å². The van der Waals surface area contributed by atoms with Crippen LogP contribution in [0.15, 0.2) is 12.4 Å². The lowest BCUT2D eigenvalue weighted by atomic mass is 9.75. The molecular weight excluding hydrogens is 256 g/mol. The predicted molar refractivity (Wildman–Crippen MR) is 74.8 cm³/mol. The third-order valence-corrected chi connectivity index (χ3v) is 4.07. The van der Waals surface area contributed by atoms with E-state index in [0.717, 1.165) is 12.8 Å². The van der Waals surface area contributed by atoms with Crippen molar-refractivity contribution in [2.24, 2.45) is 17.8 Å². The topological polar surface area (TPSA) is 72.3 Å². The molecule has 0 amide bonds. The maximum atomic E-state index is 10.9. The highest BCUT2D eigenvalue weighted by Crippen LogP contribution is 2.35. The van der Waals surface area contributed by atoms with Crippen LogP contribution in [0.2, 0.25) is 0 Å². The number of aromatic carboxylic acids is 1. The molecule has 1 N–H and O–H groups in total. The van der Waals surface area contributed by atoms with Gasteiger partial charge in [-0.05, 0) is 30.6 Å². The molecule has 5 nitrogen and oxygen atoms in total. The van der Waals surface area contributed by atoms with Crippen LogP contribution in [-0.4, -0.2) is 27.1 Å². The van der Waals surface area contributed by atoms with Gasteiger partial charge in [-0.25, -0.2) is 9.78 Å². The Morgan fingerprint density at radius 1 is 1.40 bits per heavy atom. The van der Waals surface area contributed by atoms with Gasteiger partial charge in [-0.3, -0.25) is 4.98 Å². The fourth-order valence-electron chi connectivity index (χ4n) is 2.91. The summed E-state index contributed by atoms with van der Waals surface area (Å²) < 4.78 is 5.95. The molecule has 2 rings (SSSR count). The van der Waals surface area contributed by atoms with E-state index in [1.54, 1.807) is 0 Å². The van der Waals surface area contributed by atoms with Gasteiger partial charge in [-0.2, -0.15) is 0 Å². The van der Waals surface area contributed by atoms with Crippen molar-refractivity contribution < 1.29 is 14.6 Å². The molecule has 1 heterocycles. The molecule has 5 heteroatoms. The molecule has 3 unspecified atom stereocenters. The first kappa shape index (κ1) is 14.8. The minimum absolute atomic E-state index is 0.0764. The summed E-state index contributed by atoms with van der Waals surface area (Å²) in [4.78, 5) is 18.8. The molecule has 0 saturated heterocycles. The first-order chi connectivity index (χ1) is 9.47. The Kier molecular flexibility index (Phi) is 4.57. The summed E-state index contributed by atoms with van der Waals surface area (Å²) in [5, 5.41) is 8.94. The number of carboxylic acids is 1.